The van der Waals surface area contributed by atoms with Gasteiger partial charge >= 0.3 is 0 Å². The number of carbonyl (C=O) groups is 2. The van der Waals surface area contributed by atoms with E-state index >= 15 is 0 Å². The normalized spacial score (nSPS) is 20.2. The molecule has 2 aromatic rings. The molecule has 8 nitrogen and oxygen atoms in total. The van der Waals surface area contributed by atoms with Crippen molar-refractivity contribution >= 4 is 41.0 Å². The number of morpholine rings is 1. The van der Waals surface area contributed by atoms with Crippen molar-refractivity contribution in [1.82, 2.24) is 14.8 Å². The zero-order valence-corrected chi connectivity index (χ0v) is 20.4. The summed E-state index contributed by atoms with van der Waals surface area (Å²) in [6, 6.07) is 3.79. The summed E-state index contributed by atoms with van der Waals surface area (Å²) in [5.41, 5.74) is 0.353. The number of carbonyl (C=O) groups excluding carboxylic acids is 2. The Morgan fingerprint density at radius 2 is 2.03 bits per heavy atom. The number of amides is 2. The largest absolute Gasteiger partial charge is 0.507 e. The molecule has 1 atom stereocenters. The monoisotopic (exact) mass is 518 g/mol. The van der Waals surface area contributed by atoms with Gasteiger partial charge in [0.1, 0.15) is 17.4 Å². The minimum Gasteiger partial charge on any atom is -0.507 e. The van der Waals surface area contributed by atoms with Gasteiger partial charge in [-0.25, -0.2) is 9.37 Å². The van der Waals surface area contributed by atoms with Crippen molar-refractivity contribution in [2.75, 3.05) is 56.6 Å². The van der Waals surface area contributed by atoms with Crippen LogP contribution in [-0.4, -0.2) is 89.4 Å². The molecule has 5 rings (SSSR count). The van der Waals surface area contributed by atoms with Crippen LogP contribution in [0.4, 0.5) is 10.2 Å². The lowest BCUT2D eigenvalue weighted by molar-refractivity contribution is -0.128. The van der Waals surface area contributed by atoms with Gasteiger partial charge in [-0.1, -0.05) is 24.2 Å². The summed E-state index contributed by atoms with van der Waals surface area (Å²) < 4.78 is 20.3. The van der Waals surface area contributed by atoms with E-state index < -0.39 is 5.82 Å². The maximum atomic E-state index is 14.9. The Morgan fingerprint density at radius 1 is 1.26 bits per heavy atom. The Morgan fingerprint density at radius 3 is 2.74 bits per heavy atom. The van der Waals surface area contributed by atoms with E-state index in [1.165, 1.54) is 36.0 Å². The number of thioether (sulfide) groups is 1. The van der Waals surface area contributed by atoms with Crippen molar-refractivity contribution < 1.29 is 23.8 Å². The molecule has 0 bridgehead atoms. The molecule has 0 radical (unpaired) electrons. The Hall–Kier alpha value is -2.82. The zero-order chi connectivity index (χ0) is 24.7. The fourth-order valence-electron chi connectivity index (χ4n) is 4.69. The van der Waals surface area contributed by atoms with Crippen LogP contribution < -0.4 is 4.90 Å². The zero-order valence-electron chi connectivity index (χ0n) is 18.9. The lowest BCUT2D eigenvalue weighted by Gasteiger charge is -2.40. The van der Waals surface area contributed by atoms with Gasteiger partial charge in [-0.3, -0.25) is 9.59 Å². The number of hydrogen-bond acceptors (Lipinski definition) is 7. The van der Waals surface area contributed by atoms with E-state index in [2.05, 4.69) is 11.6 Å². The molecule has 0 aliphatic carbocycles. The van der Waals surface area contributed by atoms with E-state index in [9.17, 15) is 19.1 Å². The van der Waals surface area contributed by atoms with Crippen LogP contribution in [0.3, 0.4) is 0 Å². The molecule has 1 N–H and O–H groups in total. The highest BCUT2D eigenvalue weighted by atomic mass is 35.5. The molecule has 1 unspecified atom stereocenters. The van der Waals surface area contributed by atoms with Gasteiger partial charge in [-0.2, -0.15) is 0 Å². The third-order valence-electron chi connectivity index (χ3n) is 6.48. The number of benzene rings is 1. The molecule has 2 amide bonds. The van der Waals surface area contributed by atoms with E-state index in [4.69, 9.17) is 16.3 Å². The molecule has 0 spiro atoms. The molecule has 1 aromatic heterocycles. The van der Waals surface area contributed by atoms with Gasteiger partial charge in [0.05, 0.1) is 41.1 Å². The molecule has 1 aromatic carbocycles. The van der Waals surface area contributed by atoms with Crippen molar-refractivity contribution in [3.8, 4) is 17.0 Å². The molecule has 11 heteroatoms. The SMILES string of the molecule is C=CC(=O)N1CCN2C(=O)c3c(N4CCOCC4)nc(-c4c(O)cccc4F)c(Cl)c3SCC2C1. The van der Waals surface area contributed by atoms with Crippen molar-refractivity contribution in [2.24, 2.45) is 0 Å². The number of fused-ring (bicyclic) bond motifs is 2. The van der Waals surface area contributed by atoms with Crippen LogP contribution in [0.1, 0.15) is 10.4 Å². The number of aromatic hydroxyl groups is 1. The topological polar surface area (TPSA) is 86.2 Å². The molecule has 3 aliphatic heterocycles. The third kappa shape index (κ3) is 4.23. The number of ether oxygens (including phenoxy) is 1. The van der Waals surface area contributed by atoms with Crippen LogP contribution in [0.2, 0.25) is 5.02 Å². The maximum absolute atomic E-state index is 14.9. The summed E-state index contributed by atoms with van der Waals surface area (Å²) in [7, 11) is 0. The van der Waals surface area contributed by atoms with Gasteiger partial charge in [0.15, 0.2) is 0 Å². The van der Waals surface area contributed by atoms with Crippen molar-refractivity contribution in [2.45, 2.75) is 10.9 Å². The highest BCUT2D eigenvalue weighted by Crippen LogP contribution is 2.46. The standard InChI is InChI=1S/C24H24ClFN4O4S/c1-2-17(32)29-6-7-30-14(12-29)13-35-22-19(24(30)33)23(28-8-10-34-11-9-28)27-21(20(22)25)18-15(26)4-3-5-16(18)31/h2-5,14,31H,1,6-13H2. The van der Waals surface area contributed by atoms with Crippen LogP contribution in [0.15, 0.2) is 35.7 Å². The molecule has 2 saturated heterocycles. The van der Waals surface area contributed by atoms with Gasteiger partial charge in [-0.15, -0.1) is 11.8 Å². The fraction of sp³-hybridized carbons (Fsp3) is 0.375. The number of phenolic OH excluding ortho intramolecular Hbond substituents is 1. The van der Waals surface area contributed by atoms with Crippen molar-refractivity contribution in [3.05, 3.63) is 47.3 Å². The number of aromatic nitrogens is 1. The van der Waals surface area contributed by atoms with Crippen LogP contribution in [-0.2, 0) is 9.53 Å². The number of halogens is 2. The lowest BCUT2D eigenvalue weighted by Crippen LogP contribution is -2.56. The first-order valence-electron chi connectivity index (χ1n) is 11.3. The van der Waals surface area contributed by atoms with Crippen LogP contribution >= 0.6 is 23.4 Å². The number of anilines is 1. The summed E-state index contributed by atoms with van der Waals surface area (Å²) in [5.74, 6) is -0.445. The number of phenols is 1. The van der Waals surface area contributed by atoms with Gasteiger partial charge < -0.3 is 24.5 Å². The third-order valence-corrected chi connectivity index (χ3v) is 8.21. The molecule has 4 heterocycles. The average Bonchev–Trinajstić information content (AvgIpc) is 3.02. The molecule has 0 saturated carbocycles. The average molecular weight is 519 g/mol. The highest BCUT2D eigenvalue weighted by molar-refractivity contribution is 7.99. The maximum Gasteiger partial charge on any atom is 0.259 e. The summed E-state index contributed by atoms with van der Waals surface area (Å²) >= 11 is 8.19. The van der Waals surface area contributed by atoms with Crippen molar-refractivity contribution in [1.29, 1.82) is 0 Å². The lowest BCUT2D eigenvalue weighted by atomic mass is 10.1. The van der Waals surface area contributed by atoms with E-state index in [0.717, 1.165) is 0 Å². The first-order chi connectivity index (χ1) is 16.9. The van der Waals surface area contributed by atoms with Crippen LogP contribution in [0.25, 0.3) is 11.3 Å². The quantitative estimate of drug-likeness (QED) is 0.625. The van der Waals surface area contributed by atoms with E-state index in [0.29, 0.717) is 68.0 Å². The van der Waals surface area contributed by atoms with Gasteiger partial charge in [0, 0.05) is 43.4 Å². The Labute approximate surface area is 211 Å². The first-order valence-corrected chi connectivity index (χ1v) is 12.7. The Balaban J connectivity index is 1.65. The smallest absolute Gasteiger partial charge is 0.259 e. The van der Waals surface area contributed by atoms with Crippen molar-refractivity contribution in [3.63, 3.8) is 0 Å². The summed E-state index contributed by atoms with van der Waals surface area (Å²) in [6.07, 6.45) is 1.28. The number of nitrogens with zero attached hydrogens (tertiary/aromatic N) is 4. The molecule has 3 aliphatic rings. The van der Waals surface area contributed by atoms with E-state index in [-0.39, 0.29) is 39.9 Å². The van der Waals surface area contributed by atoms with Crippen LogP contribution in [0, 0.1) is 5.82 Å². The molecule has 35 heavy (non-hydrogen) atoms. The minimum absolute atomic E-state index is 0.0890. The molecule has 2 fully saturated rings. The number of pyridine rings is 1. The summed E-state index contributed by atoms with van der Waals surface area (Å²) in [4.78, 5) is 36.7. The molecular formula is C24H24ClFN4O4S. The second-order valence-electron chi connectivity index (χ2n) is 8.49. The Kier molecular flexibility index (Phi) is 6.61. The van der Waals surface area contributed by atoms with Gasteiger partial charge in [0.25, 0.3) is 5.91 Å². The predicted octanol–water partition coefficient (Wildman–Crippen LogP) is 3.03. The second kappa shape index (κ2) is 9.67. The highest BCUT2D eigenvalue weighted by Gasteiger charge is 2.40. The summed E-state index contributed by atoms with van der Waals surface area (Å²) in [5, 5.41) is 10.6. The number of piperazine rings is 1. The Bertz CT molecular complexity index is 1190. The van der Waals surface area contributed by atoms with E-state index in [1.54, 1.807) is 9.80 Å². The fourth-order valence-corrected chi connectivity index (χ4v) is 6.28. The van der Waals surface area contributed by atoms with Crippen LogP contribution in [0.5, 0.6) is 5.75 Å². The summed E-state index contributed by atoms with van der Waals surface area (Å²) in [6.45, 7) is 6.67. The second-order valence-corrected chi connectivity index (χ2v) is 9.90. The van der Waals surface area contributed by atoms with Gasteiger partial charge in [0.2, 0.25) is 5.91 Å². The van der Waals surface area contributed by atoms with E-state index in [1.807, 2.05) is 4.90 Å². The molecule has 184 valence electrons. The number of hydrogen-bond donors (Lipinski definition) is 1. The first kappa shape index (κ1) is 23.9. The predicted molar refractivity (Wildman–Crippen MR) is 132 cm³/mol. The molecular weight excluding hydrogens is 495 g/mol. The number of rotatable bonds is 3. The van der Waals surface area contributed by atoms with Gasteiger partial charge in [-0.05, 0) is 18.2 Å². The minimum atomic E-state index is -0.659.